The zero-order valence-electron chi connectivity index (χ0n) is 9.47. The van der Waals surface area contributed by atoms with E-state index in [2.05, 4.69) is 5.32 Å². The summed E-state index contributed by atoms with van der Waals surface area (Å²) >= 11 is 0. The normalized spacial score (nSPS) is 10.1. The number of nitrogens with one attached hydrogen (secondary N) is 1. The number of nitrogens with zero attached hydrogens (tertiary/aromatic N) is 1. The van der Waals surface area contributed by atoms with Gasteiger partial charge in [-0.1, -0.05) is 12.1 Å². The number of amides is 1. The van der Waals surface area contributed by atoms with Gasteiger partial charge in [0.15, 0.2) is 12.4 Å². The van der Waals surface area contributed by atoms with Crippen LogP contribution in [0.2, 0.25) is 0 Å². The van der Waals surface area contributed by atoms with Crippen molar-refractivity contribution in [1.29, 1.82) is 0 Å². The lowest BCUT2D eigenvalue weighted by Crippen LogP contribution is -2.27. The Kier molecular flexibility index (Phi) is 3.52. The molecule has 0 saturated carbocycles. The van der Waals surface area contributed by atoms with Gasteiger partial charge in [0, 0.05) is 18.7 Å². The number of hydrogen-bond donors (Lipinski definition) is 1. The van der Waals surface area contributed by atoms with Crippen molar-refractivity contribution in [3.05, 3.63) is 70.9 Å². The second-order valence-corrected chi connectivity index (χ2v) is 3.76. The fraction of sp³-hybridized carbons (Fsp3) is 0.0769. The molecule has 0 aliphatic rings. The van der Waals surface area contributed by atoms with E-state index >= 15 is 0 Å². The number of benzene rings is 1. The molecule has 92 valence electrons. The van der Waals surface area contributed by atoms with Gasteiger partial charge < -0.3 is 10.5 Å². The molecule has 2 rings (SSSR count). The van der Waals surface area contributed by atoms with Crippen molar-refractivity contribution in [2.24, 2.45) is 0 Å². The minimum absolute atomic E-state index is 0.278. The Labute approximate surface area is 103 Å². The molecule has 0 spiro atoms. The minimum atomic E-state index is -0.312. The maximum atomic E-state index is 12.7. The summed E-state index contributed by atoms with van der Waals surface area (Å²) in [7, 11) is 0. The van der Waals surface area contributed by atoms with Gasteiger partial charge in [0.25, 0.3) is 5.91 Å². The Bertz CT molecular complexity index is 538. The molecular weight excluding hydrogens is 235 g/mol. The summed E-state index contributed by atoms with van der Waals surface area (Å²) in [6, 6.07) is 8.76. The van der Waals surface area contributed by atoms with Crippen molar-refractivity contribution >= 4 is 5.91 Å². The number of halogens is 1. The van der Waals surface area contributed by atoms with Crippen LogP contribution in [0.4, 0.5) is 4.39 Å². The molecule has 1 heterocycles. The van der Waals surface area contributed by atoms with Gasteiger partial charge in [-0.15, -0.1) is 0 Å². The summed E-state index contributed by atoms with van der Waals surface area (Å²) < 4.78 is 13.3. The number of carbonyl (C=O) groups excluding carboxylic acids is 1. The van der Waals surface area contributed by atoms with Crippen molar-refractivity contribution < 1.29 is 13.9 Å². The number of pyridine rings is 1. The van der Waals surface area contributed by atoms with Crippen LogP contribution in [0, 0.1) is 11.0 Å². The molecule has 0 aliphatic heterocycles. The third-order valence-electron chi connectivity index (χ3n) is 2.43. The van der Waals surface area contributed by atoms with Gasteiger partial charge in [0.05, 0.1) is 5.56 Å². The van der Waals surface area contributed by atoms with Crippen molar-refractivity contribution in [1.82, 2.24) is 5.32 Å². The zero-order valence-corrected chi connectivity index (χ0v) is 9.47. The number of hydrogen-bond acceptors (Lipinski definition) is 2. The third kappa shape index (κ3) is 3.04. The van der Waals surface area contributed by atoms with Gasteiger partial charge in [-0.25, -0.2) is 4.39 Å². The molecule has 1 amide bonds. The number of rotatable bonds is 3. The van der Waals surface area contributed by atoms with Crippen LogP contribution in [0.3, 0.4) is 0 Å². The Balaban J connectivity index is 1.96. The first-order valence-electron chi connectivity index (χ1n) is 5.36. The SMILES string of the molecule is O=C(NCc1ccc(F)cc1)c1cc[n+]([O-])cc1. The lowest BCUT2D eigenvalue weighted by Gasteiger charge is -2.05. The summed E-state index contributed by atoms with van der Waals surface area (Å²) in [5.41, 5.74) is 1.21. The van der Waals surface area contributed by atoms with E-state index in [0.717, 1.165) is 5.56 Å². The van der Waals surface area contributed by atoms with Gasteiger partial charge in [0.1, 0.15) is 5.82 Å². The Morgan fingerprint density at radius 1 is 1.17 bits per heavy atom. The molecule has 0 radical (unpaired) electrons. The summed E-state index contributed by atoms with van der Waals surface area (Å²) in [6.45, 7) is 0.311. The largest absolute Gasteiger partial charge is 0.619 e. The Morgan fingerprint density at radius 2 is 1.78 bits per heavy atom. The van der Waals surface area contributed by atoms with Crippen molar-refractivity contribution in [2.75, 3.05) is 0 Å². The van der Waals surface area contributed by atoms with Crippen LogP contribution in [-0.2, 0) is 6.54 Å². The first-order chi connectivity index (χ1) is 8.65. The van der Waals surface area contributed by atoms with Crippen molar-refractivity contribution in [2.45, 2.75) is 6.54 Å². The van der Waals surface area contributed by atoms with E-state index in [4.69, 9.17) is 0 Å². The molecule has 2 aromatic rings. The highest BCUT2D eigenvalue weighted by atomic mass is 19.1. The molecule has 0 atom stereocenters. The van der Waals surface area contributed by atoms with Crippen LogP contribution in [0.15, 0.2) is 48.8 Å². The van der Waals surface area contributed by atoms with E-state index in [1.54, 1.807) is 12.1 Å². The lowest BCUT2D eigenvalue weighted by atomic mass is 10.2. The van der Waals surface area contributed by atoms with Gasteiger partial charge >= 0.3 is 0 Å². The maximum absolute atomic E-state index is 12.7. The average Bonchev–Trinajstić information content (AvgIpc) is 2.38. The molecule has 1 N–H and O–H groups in total. The van der Waals surface area contributed by atoms with Gasteiger partial charge in [-0.2, -0.15) is 4.73 Å². The fourth-order valence-electron chi connectivity index (χ4n) is 1.45. The quantitative estimate of drug-likeness (QED) is 0.657. The van der Waals surface area contributed by atoms with Crippen LogP contribution < -0.4 is 10.0 Å². The van der Waals surface area contributed by atoms with Gasteiger partial charge in [-0.3, -0.25) is 4.79 Å². The van der Waals surface area contributed by atoms with Crippen LogP contribution in [0.1, 0.15) is 15.9 Å². The molecule has 18 heavy (non-hydrogen) atoms. The first-order valence-corrected chi connectivity index (χ1v) is 5.36. The number of aromatic nitrogens is 1. The highest BCUT2D eigenvalue weighted by Crippen LogP contribution is 2.03. The maximum Gasteiger partial charge on any atom is 0.252 e. The zero-order chi connectivity index (χ0) is 13.0. The second kappa shape index (κ2) is 5.27. The molecule has 0 aliphatic carbocycles. The standard InChI is InChI=1S/C13H11FN2O2/c14-12-3-1-10(2-4-12)9-15-13(17)11-5-7-16(18)8-6-11/h1-8H,9H2,(H,15,17). The molecule has 0 saturated heterocycles. The molecule has 1 aromatic carbocycles. The molecule has 0 fully saturated rings. The Morgan fingerprint density at radius 3 is 2.39 bits per heavy atom. The topological polar surface area (TPSA) is 56.0 Å². The molecule has 5 heteroatoms. The molecule has 1 aromatic heterocycles. The highest BCUT2D eigenvalue weighted by Gasteiger charge is 2.06. The Hall–Kier alpha value is -2.43. The lowest BCUT2D eigenvalue weighted by molar-refractivity contribution is -0.605. The van der Waals surface area contributed by atoms with Crippen molar-refractivity contribution in [3.63, 3.8) is 0 Å². The molecular formula is C13H11FN2O2. The monoisotopic (exact) mass is 246 g/mol. The predicted octanol–water partition coefficient (Wildman–Crippen LogP) is 1.39. The third-order valence-corrected chi connectivity index (χ3v) is 2.43. The predicted molar refractivity (Wildman–Crippen MR) is 63.0 cm³/mol. The van der Waals surface area contributed by atoms with Crippen molar-refractivity contribution in [3.8, 4) is 0 Å². The van der Waals surface area contributed by atoms with E-state index < -0.39 is 0 Å². The summed E-state index contributed by atoms with van der Waals surface area (Å²) in [4.78, 5) is 11.7. The van der Waals surface area contributed by atoms with E-state index in [1.807, 2.05) is 0 Å². The molecule has 0 unspecified atom stereocenters. The van der Waals surface area contributed by atoms with E-state index in [0.29, 0.717) is 16.8 Å². The fourth-order valence-corrected chi connectivity index (χ4v) is 1.45. The van der Waals surface area contributed by atoms with Crippen LogP contribution in [0.5, 0.6) is 0 Å². The molecule has 4 nitrogen and oxygen atoms in total. The summed E-state index contributed by atoms with van der Waals surface area (Å²) in [5.74, 6) is -0.590. The smallest absolute Gasteiger partial charge is 0.252 e. The summed E-state index contributed by atoms with van der Waals surface area (Å²) in [6.07, 6.45) is 2.51. The van der Waals surface area contributed by atoms with E-state index in [9.17, 15) is 14.4 Å². The van der Waals surface area contributed by atoms with Gasteiger partial charge in [-0.05, 0) is 17.7 Å². The first kappa shape index (κ1) is 12.0. The van der Waals surface area contributed by atoms with Gasteiger partial charge in [0.2, 0.25) is 0 Å². The highest BCUT2D eigenvalue weighted by molar-refractivity contribution is 5.93. The summed E-state index contributed by atoms with van der Waals surface area (Å²) in [5, 5.41) is 13.5. The van der Waals surface area contributed by atoms with E-state index in [-0.39, 0.29) is 11.7 Å². The molecule has 0 bridgehead atoms. The minimum Gasteiger partial charge on any atom is -0.619 e. The van der Waals surface area contributed by atoms with Crippen LogP contribution in [0.25, 0.3) is 0 Å². The number of carbonyl (C=O) groups is 1. The van der Waals surface area contributed by atoms with E-state index in [1.165, 1.54) is 36.7 Å². The second-order valence-electron chi connectivity index (χ2n) is 3.76. The average molecular weight is 246 g/mol. The van der Waals surface area contributed by atoms with Crippen LogP contribution >= 0.6 is 0 Å². The van der Waals surface area contributed by atoms with Crippen LogP contribution in [-0.4, -0.2) is 5.91 Å².